The molecule has 1 aliphatic rings. The Bertz CT molecular complexity index is 1290. The monoisotopic (exact) mass is 485 g/mol. The number of carbonyl (C=O) groups is 2. The lowest BCUT2D eigenvalue weighted by atomic mass is 9.94. The summed E-state index contributed by atoms with van der Waals surface area (Å²) >= 11 is 12.0. The maximum atomic E-state index is 13.2. The summed E-state index contributed by atoms with van der Waals surface area (Å²) in [5.41, 5.74) is 0.536. The van der Waals surface area contributed by atoms with Gasteiger partial charge in [0.05, 0.1) is 16.0 Å². The summed E-state index contributed by atoms with van der Waals surface area (Å²) in [6.07, 6.45) is 0.0774. The van der Waals surface area contributed by atoms with E-state index in [0.717, 1.165) is 17.2 Å². The molecule has 2 heterocycles. The Labute approximate surface area is 199 Å². The smallest absolute Gasteiger partial charge is 0.274 e. The van der Waals surface area contributed by atoms with E-state index in [0.29, 0.717) is 10.0 Å². The zero-order valence-corrected chi connectivity index (χ0v) is 18.8. The van der Waals surface area contributed by atoms with Gasteiger partial charge in [0.1, 0.15) is 0 Å². The van der Waals surface area contributed by atoms with Crippen LogP contribution in [-0.4, -0.2) is 33.0 Å². The zero-order valence-electron chi connectivity index (χ0n) is 17.3. The van der Waals surface area contributed by atoms with Gasteiger partial charge in [-0.05, 0) is 29.7 Å². The van der Waals surface area contributed by atoms with Crippen LogP contribution < -0.4 is 10.5 Å². The van der Waals surface area contributed by atoms with Crippen molar-refractivity contribution < 1.29 is 19.8 Å². The molecule has 4 rings (SSSR count). The number of carbonyl (C=O) groups excluding carboxylic acids is 2. The van der Waals surface area contributed by atoms with E-state index >= 15 is 0 Å². The zero-order chi connectivity index (χ0) is 23.7. The standard InChI is InChI=1S/C24H20Cl2N2O5/c25-17-7-6-15(11-18(17)26)13-27-8-9-28-19(12-20(29)22(30)21(28)23(27)31)16(24(32)33)10-14-4-2-1-3-5-14/h1-7,11-12,16,30H,8-10,13H2,(H,32,33)/p-1. The first-order valence-electron chi connectivity index (χ1n) is 10.2. The number of hydrogen-bond acceptors (Lipinski definition) is 5. The van der Waals surface area contributed by atoms with E-state index < -0.39 is 29.0 Å². The van der Waals surface area contributed by atoms with Gasteiger partial charge < -0.3 is 24.5 Å². The fourth-order valence-corrected chi connectivity index (χ4v) is 4.36. The number of aliphatic carboxylic acids is 1. The first-order chi connectivity index (χ1) is 15.8. The molecule has 0 spiro atoms. The third-order valence-corrected chi connectivity index (χ3v) is 6.42. The van der Waals surface area contributed by atoms with Crippen LogP contribution in [-0.2, 0) is 24.3 Å². The Kier molecular flexibility index (Phi) is 6.44. The fraction of sp³-hybridized carbons (Fsp3) is 0.208. The third kappa shape index (κ3) is 4.60. The molecule has 0 radical (unpaired) electrons. The fourth-order valence-electron chi connectivity index (χ4n) is 4.04. The van der Waals surface area contributed by atoms with Gasteiger partial charge >= 0.3 is 0 Å². The Morgan fingerprint density at radius 1 is 1.00 bits per heavy atom. The van der Waals surface area contributed by atoms with Crippen molar-refractivity contribution in [1.82, 2.24) is 9.47 Å². The summed E-state index contributed by atoms with van der Waals surface area (Å²) < 4.78 is 1.41. The second-order valence-corrected chi connectivity index (χ2v) is 8.63. The summed E-state index contributed by atoms with van der Waals surface area (Å²) in [6, 6.07) is 15.0. The number of rotatable bonds is 6. The Balaban J connectivity index is 1.72. The van der Waals surface area contributed by atoms with Crippen LogP contribution in [0.3, 0.4) is 0 Å². The van der Waals surface area contributed by atoms with E-state index in [1.807, 2.05) is 6.07 Å². The maximum Gasteiger partial charge on any atom is 0.274 e. The number of fused-ring (bicyclic) bond motifs is 1. The molecular weight excluding hydrogens is 467 g/mol. The first-order valence-corrected chi connectivity index (χ1v) is 11.0. The van der Waals surface area contributed by atoms with Crippen LogP contribution in [0.1, 0.15) is 33.2 Å². The summed E-state index contributed by atoms with van der Waals surface area (Å²) in [7, 11) is 0. The van der Waals surface area contributed by atoms with Crippen molar-refractivity contribution in [1.29, 1.82) is 0 Å². The highest BCUT2D eigenvalue weighted by Gasteiger charge is 2.32. The predicted molar refractivity (Wildman–Crippen MR) is 121 cm³/mol. The quantitative estimate of drug-likeness (QED) is 0.577. The normalized spacial score (nSPS) is 14.1. The third-order valence-electron chi connectivity index (χ3n) is 5.68. The van der Waals surface area contributed by atoms with Gasteiger partial charge in [0.2, 0.25) is 5.43 Å². The van der Waals surface area contributed by atoms with Crippen molar-refractivity contribution in [3.05, 3.63) is 97.4 Å². The predicted octanol–water partition coefficient (Wildman–Crippen LogP) is 2.59. The lowest BCUT2D eigenvalue weighted by Crippen LogP contribution is -2.43. The molecule has 0 saturated carbocycles. The SMILES string of the molecule is O=C([O-])C(Cc1ccccc1)c1cc(=O)c(O)c2n1CCN(Cc1ccc(Cl)c(Cl)c1)C2=O. The van der Waals surface area contributed by atoms with Crippen LogP contribution in [0.25, 0.3) is 0 Å². The summed E-state index contributed by atoms with van der Waals surface area (Å²) in [4.78, 5) is 39.2. The molecule has 0 aliphatic carbocycles. The molecule has 1 aromatic heterocycles. The maximum absolute atomic E-state index is 13.2. The lowest BCUT2D eigenvalue weighted by molar-refractivity contribution is -0.308. The molecular formula is C24H19Cl2N2O5-. The van der Waals surface area contributed by atoms with Crippen molar-refractivity contribution in [3.63, 3.8) is 0 Å². The molecule has 9 heteroatoms. The number of carboxylic acids is 1. The van der Waals surface area contributed by atoms with Crippen molar-refractivity contribution in [2.75, 3.05) is 6.54 Å². The van der Waals surface area contributed by atoms with Crippen molar-refractivity contribution in [2.45, 2.75) is 25.4 Å². The van der Waals surface area contributed by atoms with Gasteiger partial charge in [-0.2, -0.15) is 0 Å². The van der Waals surface area contributed by atoms with E-state index in [1.54, 1.807) is 42.5 Å². The Morgan fingerprint density at radius 2 is 1.73 bits per heavy atom. The van der Waals surface area contributed by atoms with Gasteiger partial charge in [-0.15, -0.1) is 0 Å². The molecule has 0 bridgehead atoms. The number of carboxylic acid groups (broad SMARTS) is 1. The van der Waals surface area contributed by atoms with Crippen molar-refractivity contribution >= 4 is 35.1 Å². The number of hydrogen-bond donors (Lipinski definition) is 1. The number of benzene rings is 2. The van der Waals surface area contributed by atoms with Crippen LogP contribution in [0.2, 0.25) is 10.0 Å². The van der Waals surface area contributed by atoms with Gasteiger partial charge in [-0.25, -0.2) is 0 Å². The number of pyridine rings is 1. The Morgan fingerprint density at radius 3 is 2.39 bits per heavy atom. The first kappa shape index (κ1) is 22.9. The molecule has 1 amide bonds. The van der Waals surface area contributed by atoms with Crippen LogP contribution in [0.15, 0.2) is 59.4 Å². The average molecular weight is 486 g/mol. The van der Waals surface area contributed by atoms with Crippen molar-refractivity contribution in [3.8, 4) is 5.75 Å². The molecule has 33 heavy (non-hydrogen) atoms. The van der Waals surface area contributed by atoms with Crippen LogP contribution in [0.5, 0.6) is 5.75 Å². The highest BCUT2D eigenvalue weighted by atomic mass is 35.5. The molecule has 1 N–H and O–H groups in total. The minimum Gasteiger partial charge on any atom is -0.549 e. The van der Waals surface area contributed by atoms with E-state index in [4.69, 9.17) is 23.2 Å². The second-order valence-electron chi connectivity index (χ2n) is 7.82. The number of nitrogens with zero attached hydrogens (tertiary/aromatic N) is 2. The van der Waals surface area contributed by atoms with Crippen LogP contribution in [0.4, 0.5) is 0 Å². The molecule has 3 aromatic rings. The van der Waals surface area contributed by atoms with Crippen LogP contribution in [0, 0.1) is 0 Å². The molecule has 1 atom stereocenters. The Hall–Kier alpha value is -3.29. The molecule has 0 saturated heterocycles. The van der Waals surface area contributed by atoms with Crippen molar-refractivity contribution in [2.24, 2.45) is 0 Å². The largest absolute Gasteiger partial charge is 0.549 e. The van der Waals surface area contributed by atoms with E-state index in [-0.39, 0.29) is 37.4 Å². The minimum atomic E-state index is -1.37. The molecule has 170 valence electrons. The lowest BCUT2D eigenvalue weighted by Gasteiger charge is -2.34. The average Bonchev–Trinajstić information content (AvgIpc) is 2.79. The minimum absolute atomic E-state index is 0.0774. The molecule has 7 nitrogen and oxygen atoms in total. The van der Waals surface area contributed by atoms with Gasteiger partial charge in [0, 0.05) is 37.3 Å². The molecule has 2 aromatic carbocycles. The second kappa shape index (κ2) is 9.29. The van der Waals surface area contributed by atoms with E-state index in [1.165, 1.54) is 9.47 Å². The van der Waals surface area contributed by atoms with E-state index in [2.05, 4.69) is 0 Å². The van der Waals surface area contributed by atoms with Gasteiger partial charge in [-0.3, -0.25) is 9.59 Å². The molecule has 1 unspecified atom stereocenters. The molecule has 0 fully saturated rings. The van der Waals surface area contributed by atoms with E-state index in [9.17, 15) is 24.6 Å². The molecule has 1 aliphatic heterocycles. The highest BCUT2D eigenvalue weighted by Crippen LogP contribution is 2.29. The van der Waals surface area contributed by atoms with Gasteiger partial charge in [0.25, 0.3) is 5.91 Å². The number of halogens is 2. The van der Waals surface area contributed by atoms with Gasteiger partial charge in [0.15, 0.2) is 11.4 Å². The van der Waals surface area contributed by atoms with Crippen LogP contribution >= 0.6 is 23.2 Å². The van der Waals surface area contributed by atoms with Gasteiger partial charge in [-0.1, -0.05) is 59.6 Å². The summed E-state index contributed by atoms with van der Waals surface area (Å²) in [6.45, 7) is 0.623. The number of aromatic hydroxyl groups is 1. The summed E-state index contributed by atoms with van der Waals surface area (Å²) in [5.74, 6) is -3.84. The summed E-state index contributed by atoms with van der Waals surface area (Å²) in [5, 5.41) is 23.2. The highest BCUT2D eigenvalue weighted by molar-refractivity contribution is 6.42. The number of amides is 1. The topological polar surface area (TPSA) is 103 Å². The number of aromatic nitrogens is 1.